The third-order valence-electron chi connectivity index (χ3n) is 4.09. The van der Waals surface area contributed by atoms with Crippen LogP contribution >= 0.6 is 7.92 Å². The van der Waals surface area contributed by atoms with Crippen molar-refractivity contribution in [2.24, 2.45) is 5.41 Å². The van der Waals surface area contributed by atoms with Crippen LogP contribution in [0, 0.1) is 12.8 Å². The van der Waals surface area contributed by atoms with Crippen molar-refractivity contribution in [2.75, 3.05) is 6.16 Å². The molecule has 0 amide bonds. The zero-order chi connectivity index (χ0) is 14.3. The first kappa shape index (κ1) is 24.9. The molecule has 1 N–H and O–H groups in total. The standard InChI is InChI=1S/C15H33OP.CH3.Ni/c1-12(2,3)17(13(4,5)6)11-14(7,8)15(9,10)16;;/h16H,11H2,1-10H3;1H3;/q;-1;/p+1. The van der Waals surface area contributed by atoms with Crippen LogP contribution in [-0.2, 0) is 16.5 Å². The Bertz CT molecular complexity index is 239. The topological polar surface area (TPSA) is 20.2 Å². The van der Waals surface area contributed by atoms with Crippen molar-refractivity contribution in [1.29, 1.82) is 0 Å². The van der Waals surface area contributed by atoms with E-state index in [2.05, 4.69) is 55.4 Å². The van der Waals surface area contributed by atoms with Crippen LogP contribution in [-0.4, -0.2) is 27.2 Å². The molecule has 3 heteroatoms. The Hall–Kier alpha value is 0.884. The van der Waals surface area contributed by atoms with E-state index in [1.54, 1.807) is 0 Å². The maximum Gasteiger partial charge on any atom is 0.0698 e. The third kappa shape index (κ3) is 7.45. The van der Waals surface area contributed by atoms with E-state index < -0.39 is 13.5 Å². The first-order valence-corrected chi connectivity index (χ1v) is 8.39. The minimum absolute atomic E-state index is 0. The van der Waals surface area contributed by atoms with Gasteiger partial charge in [-0.1, -0.05) is 13.8 Å². The Morgan fingerprint density at radius 3 is 1.16 bits per heavy atom. The fourth-order valence-electron chi connectivity index (χ4n) is 2.31. The molecule has 0 atom stereocenters. The van der Waals surface area contributed by atoms with Crippen LogP contribution in [0.3, 0.4) is 0 Å². The second-order valence-electron chi connectivity index (χ2n) is 8.60. The predicted octanol–water partition coefficient (Wildman–Crippen LogP) is 5.04. The van der Waals surface area contributed by atoms with Gasteiger partial charge in [0.05, 0.1) is 22.1 Å². The Labute approximate surface area is 134 Å². The number of hydrogen-bond donors (Lipinski definition) is 1. The molecule has 122 valence electrons. The molecule has 0 heterocycles. The molecule has 0 aromatic rings. The monoisotopic (exact) mass is 334 g/mol. The Balaban J connectivity index is -0.00000128. The van der Waals surface area contributed by atoms with Crippen molar-refractivity contribution in [3.8, 4) is 0 Å². The van der Waals surface area contributed by atoms with Crippen molar-refractivity contribution >= 4 is 7.92 Å². The van der Waals surface area contributed by atoms with Crippen LogP contribution in [0.15, 0.2) is 0 Å². The molecule has 1 nitrogen and oxygen atoms in total. The van der Waals surface area contributed by atoms with Gasteiger partial charge in [0.25, 0.3) is 0 Å². The van der Waals surface area contributed by atoms with E-state index in [1.165, 1.54) is 0 Å². The molecule has 0 radical (unpaired) electrons. The summed E-state index contributed by atoms with van der Waals surface area (Å²) >= 11 is 0. The molecular weight excluding hydrogens is 298 g/mol. The zero-order valence-electron chi connectivity index (χ0n) is 15.0. The molecule has 0 aliphatic rings. The molecule has 0 rings (SSSR count). The fraction of sp³-hybridized carbons (Fsp3) is 0.938. The van der Waals surface area contributed by atoms with Gasteiger partial charge in [0, 0.05) is 29.8 Å². The minimum atomic E-state index is -0.612. The van der Waals surface area contributed by atoms with E-state index >= 15 is 0 Å². The van der Waals surface area contributed by atoms with E-state index in [-0.39, 0.29) is 29.3 Å². The van der Waals surface area contributed by atoms with Gasteiger partial charge < -0.3 is 12.5 Å². The smallest absolute Gasteiger partial charge is 0.0698 e. The van der Waals surface area contributed by atoms with Crippen LogP contribution in [0.4, 0.5) is 0 Å². The van der Waals surface area contributed by atoms with Crippen LogP contribution < -0.4 is 0 Å². The quantitative estimate of drug-likeness (QED) is 0.435. The van der Waals surface area contributed by atoms with Gasteiger partial charge in [0.1, 0.15) is 0 Å². The number of aliphatic hydroxyl groups is 1. The summed E-state index contributed by atoms with van der Waals surface area (Å²) < 4.78 is 0. The fourth-order valence-corrected chi connectivity index (χ4v) is 6.94. The van der Waals surface area contributed by atoms with E-state index in [9.17, 15) is 5.11 Å². The molecule has 0 unspecified atom stereocenters. The van der Waals surface area contributed by atoms with E-state index in [4.69, 9.17) is 0 Å². The Morgan fingerprint density at radius 1 is 0.737 bits per heavy atom. The van der Waals surface area contributed by atoms with Crippen LogP contribution in [0.25, 0.3) is 0 Å². The van der Waals surface area contributed by atoms with Crippen LogP contribution in [0.2, 0.25) is 0 Å². The molecular formula is C16H37NiOP. The molecule has 0 spiro atoms. The zero-order valence-corrected chi connectivity index (χ0v) is 17.0. The molecule has 0 saturated heterocycles. The summed E-state index contributed by atoms with van der Waals surface area (Å²) in [6.45, 7) is 22.4. The SMILES string of the molecule is CC(C)(C)[PH+](CC(C)(C)C(C)(C)O)C(C)(C)C.[CH3-].[Ni]. The van der Waals surface area contributed by atoms with Crippen molar-refractivity contribution in [3.05, 3.63) is 7.43 Å². The van der Waals surface area contributed by atoms with Gasteiger partial charge in [0.15, 0.2) is 0 Å². The molecule has 0 aliphatic heterocycles. The van der Waals surface area contributed by atoms with Crippen LogP contribution in [0.5, 0.6) is 0 Å². The first-order valence-electron chi connectivity index (χ1n) is 6.68. The average Bonchev–Trinajstić information content (AvgIpc) is 1.93. The molecule has 0 aromatic carbocycles. The van der Waals surface area contributed by atoms with Crippen molar-refractivity contribution < 1.29 is 21.6 Å². The summed E-state index contributed by atoms with van der Waals surface area (Å²) in [7, 11) is -0.575. The van der Waals surface area contributed by atoms with Gasteiger partial charge in [-0.3, -0.25) is 0 Å². The maximum atomic E-state index is 10.3. The second-order valence-corrected chi connectivity index (χ2v) is 12.9. The largest absolute Gasteiger partial charge is 0.390 e. The van der Waals surface area contributed by atoms with Crippen LogP contribution in [0.1, 0.15) is 69.2 Å². The maximum absolute atomic E-state index is 10.3. The van der Waals surface area contributed by atoms with Gasteiger partial charge in [-0.2, -0.15) is 0 Å². The summed E-state index contributed by atoms with van der Waals surface area (Å²) in [5, 5.41) is 11.1. The molecule has 0 aromatic heterocycles. The first-order chi connectivity index (χ1) is 7.09. The summed E-state index contributed by atoms with van der Waals surface area (Å²) in [4.78, 5) is 0. The van der Waals surface area contributed by atoms with Gasteiger partial charge in [-0.15, -0.1) is 0 Å². The molecule has 0 bridgehead atoms. The third-order valence-corrected chi connectivity index (χ3v) is 8.94. The average molecular weight is 335 g/mol. The predicted molar refractivity (Wildman–Crippen MR) is 89.2 cm³/mol. The van der Waals surface area contributed by atoms with Gasteiger partial charge in [-0.05, 0) is 55.4 Å². The van der Waals surface area contributed by atoms with Crippen molar-refractivity contribution in [3.63, 3.8) is 0 Å². The van der Waals surface area contributed by atoms with E-state index in [1.807, 2.05) is 13.8 Å². The summed E-state index contributed by atoms with van der Waals surface area (Å²) in [6, 6.07) is 0. The normalized spacial score (nSPS) is 13.9. The minimum Gasteiger partial charge on any atom is -0.390 e. The van der Waals surface area contributed by atoms with Crippen molar-refractivity contribution in [2.45, 2.75) is 85.2 Å². The van der Waals surface area contributed by atoms with Gasteiger partial charge in [0.2, 0.25) is 0 Å². The van der Waals surface area contributed by atoms with Gasteiger partial charge >= 0.3 is 0 Å². The number of rotatable bonds is 3. The molecule has 19 heavy (non-hydrogen) atoms. The number of hydrogen-bond acceptors (Lipinski definition) is 1. The summed E-state index contributed by atoms with van der Waals surface area (Å²) in [6.07, 6.45) is 1.15. The Kier molecular flexibility index (Phi) is 9.48. The molecule has 0 fully saturated rings. The molecule has 0 saturated carbocycles. The summed E-state index contributed by atoms with van der Waals surface area (Å²) in [5.41, 5.74) is -0.638. The molecule has 0 aliphatic carbocycles. The Morgan fingerprint density at radius 2 is 1.00 bits per heavy atom. The second kappa shape index (κ2) is 7.24. The van der Waals surface area contributed by atoms with E-state index in [0.29, 0.717) is 10.3 Å². The summed E-state index contributed by atoms with van der Waals surface area (Å²) in [5.74, 6) is 0. The van der Waals surface area contributed by atoms with Gasteiger partial charge in [-0.25, -0.2) is 0 Å². The van der Waals surface area contributed by atoms with Crippen molar-refractivity contribution in [1.82, 2.24) is 0 Å². The van der Waals surface area contributed by atoms with E-state index in [0.717, 1.165) is 6.16 Å².